The van der Waals surface area contributed by atoms with E-state index in [0.717, 1.165) is 11.3 Å². The summed E-state index contributed by atoms with van der Waals surface area (Å²) in [4.78, 5) is 4.13. The Morgan fingerprint density at radius 2 is 2.10 bits per heavy atom. The molecular weight excluding hydrogens is 257 g/mol. The van der Waals surface area contributed by atoms with Crippen LogP contribution in [0.5, 0.6) is 0 Å². The zero-order chi connectivity index (χ0) is 14.7. The van der Waals surface area contributed by atoms with Gasteiger partial charge in [0.1, 0.15) is 5.82 Å². The molecule has 1 aromatic carbocycles. The summed E-state index contributed by atoms with van der Waals surface area (Å²) in [5.74, 6) is -0.290. The van der Waals surface area contributed by atoms with E-state index in [2.05, 4.69) is 10.3 Å². The van der Waals surface area contributed by atoms with Crippen molar-refractivity contribution in [3.05, 3.63) is 47.8 Å². The third kappa shape index (κ3) is 3.17. The van der Waals surface area contributed by atoms with Crippen molar-refractivity contribution >= 4 is 5.69 Å². The summed E-state index contributed by atoms with van der Waals surface area (Å²) < 4.78 is 15.4. The minimum Gasteiger partial charge on any atom is -0.394 e. The van der Waals surface area contributed by atoms with Crippen LogP contribution in [-0.2, 0) is 0 Å². The first-order valence-corrected chi connectivity index (χ1v) is 6.67. The van der Waals surface area contributed by atoms with Crippen LogP contribution >= 0.6 is 0 Å². The van der Waals surface area contributed by atoms with Crippen molar-refractivity contribution in [1.82, 2.24) is 9.55 Å². The van der Waals surface area contributed by atoms with Gasteiger partial charge in [0, 0.05) is 11.7 Å². The van der Waals surface area contributed by atoms with E-state index in [1.807, 2.05) is 31.4 Å². The van der Waals surface area contributed by atoms with E-state index in [1.165, 1.54) is 12.1 Å². The van der Waals surface area contributed by atoms with Crippen LogP contribution in [0.3, 0.4) is 0 Å². The predicted molar refractivity (Wildman–Crippen MR) is 77.2 cm³/mol. The molecule has 4 nitrogen and oxygen atoms in total. The highest BCUT2D eigenvalue weighted by molar-refractivity contribution is 5.47. The molecular formula is C15H20FN3O. The third-order valence-electron chi connectivity index (χ3n) is 3.17. The summed E-state index contributed by atoms with van der Waals surface area (Å²) in [5, 5.41) is 12.8. The maximum atomic E-state index is 13.4. The molecule has 2 aromatic rings. The number of imidazole rings is 1. The van der Waals surface area contributed by atoms with E-state index < -0.39 is 0 Å². The molecule has 1 atom stereocenters. The van der Waals surface area contributed by atoms with Gasteiger partial charge >= 0.3 is 0 Å². The second-order valence-electron chi connectivity index (χ2n) is 5.22. The van der Waals surface area contributed by atoms with Gasteiger partial charge in [-0.3, -0.25) is 0 Å². The lowest BCUT2D eigenvalue weighted by molar-refractivity contribution is 0.270. The van der Waals surface area contributed by atoms with Gasteiger partial charge in [0.2, 0.25) is 0 Å². The topological polar surface area (TPSA) is 50.1 Å². The van der Waals surface area contributed by atoms with E-state index in [9.17, 15) is 9.50 Å². The van der Waals surface area contributed by atoms with Crippen molar-refractivity contribution in [2.24, 2.45) is 0 Å². The molecule has 5 heteroatoms. The summed E-state index contributed by atoms with van der Waals surface area (Å²) in [5.41, 5.74) is 2.36. The van der Waals surface area contributed by atoms with Crippen molar-refractivity contribution in [2.45, 2.75) is 32.9 Å². The first kappa shape index (κ1) is 14.5. The quantitative estimate of drug-likeness (QED) is 0.883. The molecule has 0 aliphatic heterocycles. The molecule has 0 radical (unpaired) electrons. The van der Waals surface area contributed by atoms with Gasteiger partial charge < -0.3 is 15.0 Å². The second kappa shape index (κ2) is 6.05. The molecule has 1 unspecified atom stereocenters. The number of anilines is 1. The van der Waals surface area contributed by atoms with Gasteiger partial charge in [-0.05, 0) is 44.5 Å². The number of nitrogens with zero attached hydrogens (tertiary/aromatic N) is 2. The molecule has 0 saturated heterocycles. The molecule has 20 heavy (non-hydrogen) atoms. The number of rotatable bonds is 5. The zero-order valence-corrected chi connectivity index (χ0v) is 12.0. The number of aryl methyl sites for hydroxylation is 1. The lowest BCUT2D eigenvalue weighted by Crippen LogP contribution is -2.19. The Labute approximate surface area is 118 Å². The average Bonchev–Trinajstić information content (AvgIpc) is 2.83. The van der Waals surface area contributed by atoms with Crippen LogP contribution in [0.1, 0.15) is 37.2 Å². The fourth-order valence-electron chi connectivity index (χ4n) is 2.25. The van der Waals surface area contributed by atoms with Crippen molar-refractivity contribution in [2.75, 3.05) is 11.9 Å². The molecule has 0 bridgehead atoms. The SMILES string of the molecule is Cc1cc(F)cc(NC(CO)c2cncn2C(C)C)c1. The minimum atomic E-state index is -0.318. The molecule has 0 aliphatic rings. The summed E-state index contributed by atoms with van der Waals surface area (Å²) in [6, 6.07) is 4.67. The van der Waals surface area contributed by atoms with E-state index in [-0.39, 0.29) is 24.5 Å². The maximum Gasteiger partial charge on any atom is 0.125 e. The number of aliphatic hydroxyl groups excluding tert-OH is 1. The van der Waals surface area contributed by atoms with Gasteiger partial charge in [-0.15, -0.1) is 0 Å². The zero-order valence-electron chi connectivity index (χ0n) is 12.0. The van der Waals surface area contributed by atoms with E-state index in [1.54, 1.807) is 12.5 Å². The molecule has 1 aromatic heterocycles. The average molecular weight is 277 g/mol. The molecule has 108 valence electrons. The van der Waals surface area contributed by atoms with Crippen molar-refractivity contribution in [3.8, 4) is 0 Å². The summed E-state index contributed by atoms with van der Waals surface area (Å²) in [6.07, 6.45) is 3.46. The fraction of sp³-hybridized carbons (Fsp3) is 0.400. The molecule has 1 heterocycles. The largest absolute Gasteiger partial charge is 0.394 e. The van der Waals surface area contributed by atoms with Gasteiger partial charge in [-0.2, -0.15) is 0 Å². The highest BCUT2D eigenvalue weighted by Crippen LogP contribution is 2.23. The van der Waals surface area contributed by atoms with Crippen LogP contribution in [0.15, 0.2) is 30.7 Å². The molecule has 0 spiro atoms. The lowest BCUT2D eigenvalue weighted by atomic mass is 10.1. The maximum absolute atomic E-state index is 13.4. The van der Waals surface area contributed by atoms with E-state index in [0.29, 0.717) is 5.69 Å². The molecule has 2 N–H and O–H groups in total. The summed E-state index contributed by atoms with van der Waals surface area (Å²) in [7, 11) is 0. The van der Waals surface area contributed by atoms with Crippen LogP contribution in [0.4, 0.5) is 10.1 Å². The third-order valence-corrected chi connectivity index (χ3v) is 3.17. The normalized spacial score (nSPS) is 12.7. The fourth-order valence-corrected chi connectivity index (χ4v) is 2.25. The van der Waals surface area contributed by atoms with Gasteiger partial charge in [-0.1, -0.05) is 0 Å². The summed E-state index contributed by atoms with van der Waals surface area (Å²) in [6.45, 7) is 5.84. The Hall–Kier alpha value is -1.88. The molecule has 0 fully saturated rings. The Morgan fingerprint density at radius 1 is 1.35 bits per heavy atom. The number of hydrogen-bond acceptors (Lipinski definition) is 3. The number of aliphatic hydroxyl groups is 1. The standard InChI is InChI=1S/C15H20FN3O/c1-10(2)19-9-17-7-15(19)14(8-20)18-13-5-11(3)4-12(16)6-13/h4-7,9-10,14,18,20H,8H2,1-3H3. The van der Waals surface area contributed by atoms with Crippen molar-refractivity contribution in [1.29, 1.82) is 0 Å². The molecule has 0 saturated carbocycles. The smallest absolute Gasteiger partial charge is 0.125 e. The van der Waals surface area contributed by atoms with E-state index >= 15 is 0 Å². The highest BCUT2D eigenvalue weighted by atomic mass is 19.1. The number of aromatic nitrogens is 2. The minimum absolute atomic E-state index is 0.0893. The van der Waals surface area contributed by atoms with Gasteiger partial charge in [0.05, 0.1) is 30.9 Å². The first-order valence-electron chi connectivity index (χ1n) is 6.67. The number of halogens is 1. The van der Waals surface area contributed by atoms with Crippen molar-refractivity contribution < 1.29 is 9.50 Å². The van der Waals surface area contributed by atoms with Crippen molar-refractivity contribution in [3.63, 3.8) is 0 Å². The Morgan fingerprint density at radius 3 is 2.70 bits per heavy atom. The van der Waals surface area contributed by atoms with E-state index in [4.69, 9.17) is 0 Å². The van der Waals surface area contributed by atoms with Crippen LogP contribution in [0, 0.1) is 12.7 Å². The van der Waals surface area contributed by atoms with Gasteiger partial charge in [-0.25, -0.2) is 9.37 Å². The monoisotopic (exact) mass is 277 g/mol. The van der Waals surface area contributed by atoms with Gasteiger partial charge in [0.25, 0.3) is 0 Å². The van der Waals surface area contributed by atoms with Crippen LogP contribution < -0.4 is 5.32 Å². The predicted octanol–water partition coefficient (Wildman–Crippen LogP) is 3.06. The van der Waals surface area contributed by atoms with Crippen LogP contribution in [0.25, 0.3) is 0 Å². The number of benzene rings is 1. The van der Waals surface area contributed by atoms with Crippen LogP contribution in [0.2, 0.25) is 0 Å². The Bertz CT molecular complexity index is 560. The number of nitrogens with one attached hydrogen (secondary N) is 1. The molecule has 2 rings (SSSR count). The molecule has 0 aliphatic carbocycles. The number of hydrogen-bond donors (Lipinski definition) is 2. The Kier molecular flexibility index (Phi) is 4.39. The van der Waals surface area contributed by atoms with Gasteiger partial charge in [0.15, 0.2) is 0 Å². The first-order chi connectivity index (χ1) is 9.51. The lowest BCUT2D eigenvalue weighted by Gasteiger charge is -2.21. The van der Waals surface area contributed by atoms with Crippen LogP contribution in [-0.4, -0.2) is 21.3 Å². The highest BCUT2D eigenvalue weighted by Gasteiger charge is 2.16. The molecule has 0 amide bonds. The summed E-state index contributed by atoms with van der Waals surface area (Å²) >= 11 is 0. The Balaban J connectivity index is 2.26. The second-order valence-corrected chi connectivity index (χ2v) is 5.22.